The van der Waals surface area contributed by atoms with Crippen LogP contribution in [0.1, 0.15) is 42.1 Å². The Hall–Kier alpha value is -2.15. The number of nitrogens with zero attached hydrogens (tertiary/aromatic N) is 1. The standard InChI is InChI=1S/C16H19N3O3S/c1-10-12(15(21)18-16(22)17-10)4-5-14(20)19-7-2-3-13(19)11-6-8-23-9-11/h6,8-9,13H,2-5,7H2,1H3,(H2,17,18,21,22)/t13-/m1/s1. The van der Waals surface area contributed by atoms with Crippen molar-refractivity contribution in [2.75, 3.05) is 6.54 Å². The molecule has 3 rings (SSSR count). The molecule has 2 aromatic heterocycles. The van der Waals surface area contributed by atoms with Gasteiger partial charge in [-0.2, -0.15) is 11.3 Å². The zero-order valence-electron chi connectivity index (χ0n) is 12.9. The Morgan fingerprint density at radius 3 is 2.91 bits per heavy atom. The lowest BCUT2D eigenvalue weighted by atomic mass is 10.1. The van der Waals surface area contributed by atoms with E-state index in [4.69, 9.17) is 0 Å². The smallest absolute Gasteiger partial charge is 0.325 e. The average molecular weight is 333 g/mol. The lowest BCUT2D eigenvalue weighted by Crippen LogP contribution is -2.32. The Balaban J connectivity index is 1.70. The first kappa shape index (κ1) is 15.7. The molecule has 0 aliphatic carbocycles. The number of carbonyl (C=O) groups excluding carboxylic acids is 1. The summed E-state index contributed by atoms with van der Waals surface area (Å²) in [7, 11) is 0. The van der Waals surface area contributed by atoms with Crippen LogP contribution < -0.4 is 11.2 Å². The van der Waals surface area contributed by atoms with Crippen LogP contribution >= 0.6 is 11.3 Å². The van der Waals surface area contributed by atoms with Gasteiger partial charge in [0.05, 0.1) is 6.04 Å². The fraction of sp³-hybridized carbons (Fsp3) is 0.438. The molecule has 0 bridgehead atoms. The fourth-order valence-electron chi connectivity index (χ4n) is 3.18. The average Bonchev–Trinajstić information content (AvgIpc) is 3.16. The van der Waals surface area contributed by atoms with Gasteiger partial charge in [0.2, 0.25) is 5.91 Å². The van der Waals surface area contributed by atoms with Gasteiger partial charge in [0.1, 0.15) is 0 Å². The lowest BCUT2D eigenvalue weighted by Gasteiger charge is -2.24. The van der Waals surface area contributed by atoms with E-state index in [0.717, 1.165) is 19.4 Å². The first-order chi connectivity index (χ1) is 11.1. The zero-order chi connectivity index (χ0) is 16.4. The third-order valence-electron chi connectivity index (χ3n) is 4.34. The molecule has 122 valence electrons. The molecule has 1 saturated heterocycles. The molecular weight excluding hydrogens is 314 g/mol. The molecule has 0 unspecified atom stereocenters. The third kappa shape index (κ3) is 3.29. The molecule has 0 radical (unpaired) electrons. The number of H-pyrrole nitrogens is 2. The van der Waals surface area contributed by atoms with E-state index < -0.39 is 11.2 Å². The number of thiophene rings is 1. The summed E-state index contributed by atoms with van der Waals surface area (Å²) in [4.78, 5) is 42.3. The van der Waals surface area contributed by atoms with E-state index in [1.807, 2.05) is 10.3 Å². The predicted octanol–water partition coefficient (Wildman–Crippen LogP) is 1.73. The summed E-state index contributed by atoms with van der Waals surface area (Å²) in [5.41, 5.74) is 1.28. The lowest BCUT2D eigenvalue weighted by molar-refractivity contribution is -0.132. The van der Waals surface area contributed by atoms with Crippen molar-refractivity contribution in [1.29, 1.82) is 0 Å². The van der Waals surface area contributed by atoms with E-state index in [9.17, 15) is 14.4 Å². The molecular formula is C16H19N3O3S. The minimum Gasteiger partial charge on any atom is -0.336 e. The minimum atomic E-state index is -0.514. The number of likely N-dealkylation sites (tertiary alicyclic amines) is 1. The molecule has 0 spiro atoms. The Kier molecular flexibility index (Phi) is 4.47. The van der Waals surface area contributed by atoms with Gasteiger partial charge in [-0.25, -0.2) is 4.79 Å². The molecule has 1 aliphatic rings. The van der Waals surface area contributed by atoms with Crippen LogP contribution in [0, 0.1) is 6.92 Å². The second-order valence-corrected chi connectivity index (χ2v) is 6.59. The number of rotatable bonds is 4. The SMILES string of the molecule is Cc1[nH]c(=O)[nH]c(=O)c1CCC(=O)N1CCC[C@@H]1c1ccsc1. The molecule has 1 fully saturated rings. The maximum absolute atomic E-state index is 12.6. The van der Waals surface area contributed by atoms with Crippen molar-refractivity contribution >= 4 is 17.2 Å². The van der Waals surface area contributed by atoms with Gasteiger partial charge in [0.15, 0.2) is 0 Å². The number of hydrogen-bond acceptors (Lipinski definition) is 4. The van der Waals surface area contributed by atoms with Crippen LogP contribution in [-0.2, 0) is 11.2 Å². The molecule has 6 nitrogen and oxygen atoms in total. The summed E-state index contributed by atoms with van der Waals surface area (Å²) < 4.78 is 0. The monoisotopic (exact) mass is 333 g/mol. The van der Waals surface area contributed by atoms with E-state index >= 15 is 0 Å². The number of nitrogens with one attached hydrogen (secondary N) is 2. The van der Waals surface area contributed by atoms with Gasteiger partial charge in [-0.15, -0.1) is 0 Å². The van der Waals surface area contributed by atoms with Gasteiger partial charge in [-0.05, 0) is 48.6 Å². The largest absolute Gasteiger partial charge is 0.336 e. The van der Waals surface area contributed by atoms with Crippen molar-refractivity contribution in [1.82, 2.24) is 14.9 Å². The van der Waals surface area contributed by atoms with Crippen molar-refractivity contribution < 1.29 is 4.79 Å². The molecule has 1 atom stereocenters. The van der Waals surface area contributed by atoms with Gasteiger partial charge < -0.3 is 9.88 Å². The molecule has 23 heavy (non-hydrogen) atoms. The highest BCUT2D eigenvalue weighted by Crippen LogP contribution is 2.33. The third-order valence-corrected chi connectivity index (χ3v) is 5.05. The first-order valence-corrected chi connectivity index (χ1v) is 8.64. The van der Waals surface area contributed by atoms with Crippen LogP contribution in [-0.4, -0.2) is 27.3 Å². The Morgan fingerprint density at radius 1 is 1.39 bits per heavy atom. The summed E-state index contributed by atoms with van der Waals surface area (Å²) in [6.45, 7) is 2.45. The van der Waals surface area contributed by atoms with Crippen molar-refractivity contribution in [2.45, 2.75) is 38.6 Å². The Labute approximate surface area is 137 Å². The summed E-state index contributed by atoms with van der Waals surface area (Å²) >= 11 is 1.64. The van der Waals surface area contributed by atoms with Crippen molar-refractivity contribution in [3.8, 4) is 0 Å². The Bertz CT molecular complexity index is 807. The van der Waals surface area contributed by atoms with Crippen LogP contribution in [0.25, 0.3) is 0 Å². The van der Waals surface area contributed by atoms with E-state index in [1.54, 1.807) is 18.3 Å². The molecule has 2 N–H and O–H groups in total. The molecule has 7 heteroatoms. The van der Waals surface area contributed by atoms with E-state index in [1.165, 1.54) is 5.56 Å². The van der Waals surface area contributed by atoms with Gasteiger partial charge in [0, 0.05) is 24.2 Å². The Morgan fingerprint density at radius 2 is 2.22 bits per heavy atom. The molecule has 0 saturated carbocycles. The van der Waals surface area contributed by atoms with Gasteiger partial charge in [-0.1, -0.05) is 0 Å². The molecule has 1 amide bonds. The van der Waals surface area contributed by atoms with Crippen molar-refractivity contribution in [3.05, 3.63) is 54.5 Å². The van der Waals surface area contributed by atoms with Crippen LogP contribution in [0.2, 0.25) is 0 Å². The van der Waals surface area contributed by atoms with Gasteiger partial charge in [0.25, 0.3) is 5.56 Å². The van der Waals surface area contributed by atoms with Crippen LogP contribution in [0.15, 0.2) is 26.4 Å². The maximum atomic E-state index is 12.6. The molecule has 2 aromatic rings. The van der Waals surface area contributed by atoms with Crippen molar-refractivity contribution in [2.24, 2.45) is 0 Å². The topological polar surface area (TPSA) is 86.0 Å². The highest BCUT2D eigenvalue weighted by atomic mass is 32.1. The molecule has 1 aliphatic heterocycles. The molecule has 3 heterocycles. The number of aromatic amines is 2. The summed E-state index contributed by atoms with van der Waals surface area (Å²) in [6.07, 6.45) is 2.60. The number of aromatic nitrogens is 2. The minimum absolute atomic E-state index is 0.0590. The van der Waals surface area contributed by atoms with Gasteiger partial charge in [-0.3, -0.25) is 14.6 Å². The highest BCUT2D eigenvalue weighted by Gasteiger charge is 2.29. The summed E-state index contributed by atoms with van der Waals surface area (Å²) in [5.74, 6) is 0.0590. The van der Waals surface area contributed by atoms with Crippen LogP contribution in [0.4, 0.5) is 0 Å². The van der Waals surface area contributed by atoms with Gasteiger partial charge >= 0.3 is 5.69 Å². The number of aryl methyl sites for hydroxylation is 1. The second-order valence-electron chi connectivity index (χ2n) is 5.81. The zero-order valence-corrected chi connectivity index (χ0v) is 13.7. The molecule has 0 aromatic carbocycles. The quantitative estimate of drug-likeness (QED) is 0.893. The van der Waals surface area contributed by atoms with E-state index in [0.29, 0.717) is 17.7 Å². The summed E-state index contributed by atoms with van der Waals surface area (Å²) in [6, 6.07) is 2.22. The number of hydrogen-bond donors (Lipinski definition) is 2. The van der Waals surface area contributed by atoms with Crippen molar-refractivity contribution in [3.63, 3.8) is 0 Å². The van der Waals surface area contributed by atoms with Crippen LogP contribution in [0.3, 0.4) is 0 Å². The predicted molar refractivity (Wildman–Crippen MR) is 88.7 cm³/mol. The van der Waals surface area contributed by atoms with E-state index in [2.05, 4.69) is 21.4 Å². The summed E-state index contributed by atoms with van der Waals surface area (Å²) in [5, 5.41) is 4.12. The fourth-order valence-corrected chi connectivity index (χ4v) is 3.89. The number of amides is 1. The van der Waals surface area contributed by atoms with Crippen LogP contribution in [0.5, 0.6) is 0 Å². The normalized spacial score (nSPS) is 17.6. The second kappa shape index (κ2) is 6.54. The first-order valence-electron chi connectivity index (χ1n) is 7.70. The maximum Gasteiger partial charge on any atom is 0.325 e. The highest BCUT2D eigenvalue weighted by molar-refractivity contribution is 7.07. The van der Waals surface area contributed by atoms with E-state index in [-0.39, 0.29) is 18.4 Å². The number of carbonyl (C=O) groups is 1.